The van der Waals surface area contributed by atoms with Gasteiger partial charge in [-0.05, 0) is 18.1 Å². The highest BCUT2D eigenvalue weighted by molar-refractivity contribution is 9.08. The first kappa shape index (κ1) is 13.0. The summed E-state index contributed by atoms with van der Waals surface area (Å²) in [6, 6.07) is 8.48. The highest BCUT2D eigenvalue weighted by Crippen LogP contribution is 2.12. The van der Waals surface area contributed by atoms with Crippen LogP contribution >= 0.6 is 15.9 Å². The van der Waals surface area contributed by atoms with Crippen LogP contribution in [0.25, 0.3) is 0 Å². The van der Waals surface area contributed by atoms with Crippen molar-refractivity contribution in [3.63, 3.8) is 0 Å². The van der Waals surface area contributed by atoms with E-state index in [4.69, 9.17) is 0 Å². The molecule has 0 amide bonds. The van der Waals surface area contributed by atoms with Crippen molar-refractivity contribution in [2.24, 2.45) is 0 Å². The van der Waals surface area contributed by atoms with Crippen molar-refractivity contribution in [2.75, 3.05) is 11.9 Å². The standard InChI is InChI=1S/C14H16BrN3/c1-11-4-3-5-12(6-11)10-18(2)14-16-8-13(7-15)9-17-14/h3-6,8-9H,7,10H2,1-2H3. The van der Waals surface area contributed by atoms with E-state index in [1.54, 1.807) is 0 Å². The van der Waals surface area contributed by atoms with Gasteiger partial charge in [0.25, 0.3) is 0 Å². The Morgan fingerprint density at radius 3 is 2.50 bits per heavy atom. The number of hydrogen-bond acceptors (Lipinski definition) is 3. The lowest BCUT2D eigenvalue weighted by Gasteiger charge is -2.17. The lowest BCUT2D eigenvalue weighted by molar-refractivity contribution is 0.862. The Balaban J connectivity index is 2.09. The van der Waals surface area contributed by atoms with Crippen LogP contribution in [-0.2, 0) is 11.9 Å². The summed E-state index contributed by atoms with van der Waals surface area (Å²) in [6.45, 7) is 2.92. The quantitative estimate of drug-likeness (QED) is 0.812. The van der Waals surface area contributed by atoms with Crippen molar-refractivity contribution >= 4 is 21.9 Å². The van der Waals surface area contributed by atoms with E-state index in [2.05, 4.69) is 57.1 Å². The molecule has 1 aromatic heterocycles. The zero-order chi connectivity index (χ0) is 13.0. The fraction of sp³-hybridized carbons (Fsp3) is 0.286. The minimum Gasteiger partial charge on any atom is -0.340 e. The molecule has 0 spiro atoms. The van der Waals surface area contributed by atoms with Crippen LogP contribution < -0.4 is 4.90 Å². The number of aryl methyl sites for hydroxylation is 1. The maximum atomic E-state index is 4.35. The summed E-state index contributed by atoms with van der Waals surface area (Å²) in [6.07, 6.45) is 3.70. The highest BCUT2D eigenvalue weighted by Gasteiger charge is 2.05. The van der Waals surface area contributed by atoms with Crippen LogP contribution in [0.5, 0.6) is 0 Å². The normalized spacial score (nSPS) is 10.4. The van der Waals surface area contributed by atoms with E-state index in [1.807, 2.05) is 24.3 Å². The molecule has 0 saturated heterocycles. The summed E-state index contributed by atoms with van der Waals surface area (Å²) in [4.78, 5) is 10.8. The molecular formula is C14H16BrN3. The van der Waals surface area contributed by atoms with Crippen molar-refractivity contribution in [3.05, 3.63) is 53.3 Å². The van der Waals surface area contributed by atoms with Crippen LogP contribution in [0.1, 0.15) is 16.7 Å². The Kier molecular flexibility index (Phi) is 4.31. The first-order chi connectivity index (χ1) is 8.69. The number of hydrogen-bond donors (Lipinski definition) is 0. The zero-order valence-corrected chi connectivity index (χ0v) is 12.2. The van der Waals surface area contributed by atoms with Gasteiger partial charge in [0.2, 0.25) is 5.95 Å². The van der Waals surface area contributed by atoms with Gasteiger partial charge in [-0.15, -0.1) is 0 Å². The Hall–Kier alpha value is -1.42. The number of halogens is 1. The van der Waals surface area contributed by atoms with Gasteiger partial charge in [-0.2, -0.15) is 0 Å². The van der Waals surface area contributed by atoms with E-state index in [9.17, 15) is 0 Å². The molecule has 2 aromatic rings. The summed E-state index contributed by atoms with van der Waals surface area (Å²) in [5.74, 6) is 0.751. The molecule has 0 aliphatic rings. The van der Waals surface area contributed by atoms with Crippen molar-refractivity contribution in [1.82, 2.24) is 9.97 Å². The fourth-order valence-corrected chi connectivity index (χ4v) is 2.06. The number of alkyl halides is 1. The molecule has 0 aliphatic heterocycles. The average molecular weight is 306 g/mol. The van der Waals surface area contributed by atoms with Crippen LogP contribution in [0.4, 0.5) is 5.95 Å². The molecule has 1 aromatic carbocycles. The van der Waals surface area contributed by atoms with Gasteiger partial charge < -0.3 is 4.90 Å². The van der Waals surface area contributed by atoms with Gasteiger partial charge in [0.1, 0.15) is 0 Å². The maximum Gasteiger partial charge on any atom is 0.225 e. The van der Waals surface area contributed by atoms with E-state index < -0.39 is 0 Å². The number of anilines is 1. The summed E-state index contributed by atoms with van der Waals surface area (Å²) in [5.41, 5.74) is 3.63. The molecule has 94 valence electrons. The summed E-state index contributed by atoms with van der Waals surface area (Å²) in [5, 5.41) is 0.787. The SMILES string of the molecule is Cc1cccc(CN(C)c2ncc(CBr)cn2)c1. The highest BCUT2D eigenvalue weighted by atomic mass is 79.9. The molecule has 0 aliphatic carbocycles. The third-order valence-electron chi connectivity index (χ3n) is 2.69. The Morgan fingerprint density at radius 1 is 1.17 bits per heavy atom. The summed E-state index contributed by atoms with van der Waals surface area (Å²) < 4.78 is 0. The van der Waals surface area contributed by atoms with Gasteiger partial charge in [0.15, 0.2) is 0 Å². The second-order valence-electron chi connectivity index (χ2n) is 4.37. The van der Waals surface area contributed by atoms with Crippen LogP contribution in [0.15, 0.2) is 36.7 Å². The lowest BCUT2D eigenvalue weighted by atomic mass is 10.1. The van der Waals surface area contributed by atoms with Gasteiger partial charge in [0.05, 0.1) is 0 Å². The molecule has 0 bridgehead atoms. The van der Waals surface area contributed by atoms with Gasteiger partial charge in [0, 0.05) is 31.3 Å². The fourth-order valence-electron chi connectivity index (χ4n) is 1.77. The first-order valence-electron chi connectivity index (χ1n) is 5.82. The number of nitrogens with zero attached hydrogens (tertiary/aromatic N) is 3. The zero-order valence-electron chi connectivity index (χ0n) is 10.6. The molecule has 1 heterocycles. The third-order valence-corrected chi connectivity index (χ3v) is 3.34. The number of aromatic nitrogens is 2. The van der Waals surface area contributed by atoms with Crippen LogP contribution in [0, 0.1) is 6.92 Å². The van der Waals surface area contributed by atoms with E-state index in [0.29, 0.717) is 0 Å². The average Bonchev–Trinajstić information content (AvgIpc) is 2.39. The van der Waals surface area contributed by atoms with Gasteiger partial charge >= 0.3 is 0 Å². The molecule has 3 nitrogen and oxygen atoms in total. The van der Waals surface area contributed by atoms with Crippen LogP contribution in [0.2, 0.25) is 0 Å². The molecule has 2 rings (SSSR count). The minimum atomic E-state index is 0.751. The summed E-state index contributed by atoms with van der Waals surface area (Å²) >= 11 is 3.39. The number of benzene rings is 1. The van der Waals surface area contributed by atoms with E-state index >= 15 is 0 Å². The minimum absolute atomic E-state index is 0.751. The van der Waals surface area contributed by atoms with Gasteiger partial charge in [-0.25, -0.2) is 9.97 Å². The predicted molar refractivity (Wildman–Crippen MR) is 77.9 cm³/mol. The van der Waals surface area contributed by atoms with Crippen molar-refractivity contribution < 1.29 is 0 Å². The number of rotatable bonds is 4. The van der Waals surface area contributed by atoms with Crippen molar-refractivity contribution in [2.45, 2.75) is 18.8 Å². The second-order valence-corrected chi connectivity index (χ2v) is 4.93. The van der Waals surface area contributed by atoms with E-state index in [1.165, 1.54) is 11.1 Å². The molecule has 4 heteroatoms. The van der Waals surface area contributed by atoms with Crippen LogP contribution in [0.3, 0.4) is 0 Å². The monoisotopic (exact) mass is 305 g/mol. The van der Waals surface area contributed by atoms with Crippen molar-refractivity contribution in [3.8, 4) is 0 Å². The summed E-state index contributed by atoms with van der Waals surface area (Å²) in [7, 11) is 2.01. The second kappa shape index (κ2) is 5.96. The maximum absolute atomic E-state index is 4.35. The Morgan fingerprint density at radius 2 is 1.89 bits per heavy atom. The Labute approximate surface area is 116 Å². The molecular weight excluding hydrogens is 290 g/mol. The lowest BCUT2D eigenvalue weighted by Crippen LogP contribution is -2.19. The van der Waals surface area contributed by atoms with Crippen molar-refractivity contribution in [1.29, 1.82) is 0 Å². The predicted octanol–water partition coefficient (Wildman–Crippen LogP) is 3.32. The Bertz CT molecular complexity index is 511. The van der Waals surface area contributed by atoms with Crippen LogP contribution in [-0.4, -0.2) is 17.0 Å². The largest absolute Gasteiger partial charge is 0.340 e. The molecule has 18 heavy (non-hydrogen) atoms. The third kappa shape index (κ3) is 3.29. The van der Waals surface area contributed by atoms with Gasteiger partial charge in [-0.3, -0.25) is 0 Å². The molecule has 0 N–H and O–H groups in total. The molecule has 0 atom stereocenters. The molecule has 0 unspecified atom stereocenters. The van der Waals surface area contributed by atoms with E-state index in [-0.39, 0.29) is 0 Å². The van der Waals surface area contributed by atoms with Gasteiger partial charge in [-0.1, -0.05) is 45.8 Å². The smallest absolute Gasteiger partial charge is 0.225 e. The molecule has 0 radical (unpaired) electrons. The molecule has 0 fully saturated rings. The first-order valence-corrected chi connectivity index (χ1v) is 6.95. The topological polar surface area (TPSA) is 29.0 Å². The van der Waals surface area contributed by atoms with E-state index in [0.717, 1.165) is 23.4 Å². The molecule has 0 saturated carbocycles.